The SMILES string of the molecule is CC(=O)N1CCC(OCCOc2ccc(Oc3cc(C(N)=O)cc4cnn(C)c34)c(F)c2)C1. The Hall–Kier alpha value is -3.66. The summed E-state index contributed by atoms with van der Waals surface area (Å²) in [6.07, 6.45) is 2.36. The highest BCUT2D eigenvalue weighted by molar-refractivity contribution is 5.99. The van der Waals surface area contributed by atoms with Crippen LogP contribution in [0.5, 0.6) is 17.2 Å². The standard InChI is InChI=1S/C23H25FN4O5/c1-14(29)28-6-5-18(13-28)32-8-7-31-17-3-4-20(19(24)11-17)33-21-10-15(23(25)30)9-16-12-26-27(2)22(16)21/h3-4,9-12,18H,5-8,13H2,1-2H3,(H2,25,30). The molecule has 9 nitrogen and oxygen atoms in total. The fourth-order valence-electron chi connectivity index (χ4n) is 3.80. The summed E-state index contributed by atoms with van der Waals surface area (Å²) >= 11 is 0. The van der Waals surface area contributed by atoms with E-state index in [2.05, 4.69) is 5.10 Å². The molecule has 0 radical (unpaired) electrons. The van der Waals surface area contributed by atoms with Crippen molar-refractivity contribution in [3.63, 3.8) is 0 Å². The number of rotatable bonds is 8. The maximum atomic E-state index is 14.7. The van der Waals surface area contributed by atoms with Gasteiger partial charge in [0.1, 0.15) is 17.9 Å². The molecular formula is C23H25FN4O5. The molecule has 0 spiro atoms. The van der Waals surface area contributed by atoms with Gasteiger partial charge in [0.05, 0.1) is 18.9 Å². The molecule has 1 aliphatic heterocycles. The topological polar surface area (TPSA) is 109 Å². The Balaban J connectivity index is 1.38. The van der Waals surface area contributed by atoms with Gasteiger partial charge < -0.3 is 24.8 Å². The molecule has 1 saturated heterocycles. The Bertz CT molecular complexity index is 1200. The van der Waals surface area contributed by atoms with Crippen LogP contribution in [0.1, 0.15) is 23.7 Å². The van der Waals surface area contributed by atoms with E-state index in [4.69, 9.17) is 19.9 Å². The van der Waals surface area contributed by atoms with Crippen molar-refractivity contribution in [3.05, 3.63) is 47.9 Å². The van der Waals surface area contributed by atoms with Gasteiger partial charge in [-0.25, -0.2) is 4.39 Å². The Morgan fingerprint density at radius 3 is 2.73 bits per heavy atom. The first kappa shape index (κ1) is 22.5. The molecule has 1 aromatic heterocycles. The molecule has 2 aromatic carbocycles. The number of likely N-dealkylation sites (tertiary alicyclic amines) is 1. The van der Waals surface area contributed by atoms with E-state index in [1.165, 1.54) is 18.2 Å². The second-order valence-electron chi connectivity index (χ2n) is 7.83. The third kappa shape index (κ3) is 5.06. The predicted molar refractivity (Wildman–Crippen MR) is 118 cm³/mol. The minimum atomic E-state index is -0.624. The van der Waals surface area contributed by atoms with Gasteiger partial charge in [-0.1, -0.05) is 0 Å². The molecule has 2 heterocycles. The number of carbonyl (C=O) groups is 2. The number of amides is 2. The average molecular weight is 456 g/mol. The Labute approximate surface area is 189 Å². The number of fused-ring (bicyclic) bond motifs is 1. The van der Waals surface area contributed by atoms with Crippen LogP contribution in [0.3, 0.4) is 0 Å². The van der Waals surface area contributed by atoms with E-state index in [-0.39, 0.29) is 35.7 Å². The lowest BCUT2D eigenvalue weighted by molar-refractivity contribution is -0.128. The lowest BCUT2D eigenvalue weighted by Gasteiger charge is -2.15. The van der Waals surface area contributed by atoms with Crippen LogP contribution < -0.4 is 15.2 Å². The summed E-state index contributed by atoms with van der Waals surface area (Å²) in [5.74, 6) is -0.640. The van der Waals surface area contributed by atoms with Crippen molar-refractivity contribution in [1.82, 2.24) is 14.7 Å². The van der Waals surface area contributed by atoms with Crippen LogP contribution in [0.4, 0.5) is 4.39 Å². The summed E-state index contributed by atoms with van der Waals surface area (Å²) < 4.78 is 33.4. The van der Waals surface area contributed by atoms with E-state index in [9.17, 15) is 14.0 Å². The van der Waals surface area contributed by atoms with E-state index in [0.29, 0.717) is 36.3 Å². The smallest absolute Gasteiger partial charge is 0.248 e. The highest BCUT2D eigenvalue weighted by atomic mass is 19.1. The number of halogens is 1. The molecule has 4 rings (SSSR count). The molecule has 33 heavy (non-hydrogen) atoms. The van der Waals surface area contributed by atoms with E-state index >= 15 is 0 Å². The second kappa shape index (κ2) is 9.45. The largest absolute Gasteiger partial charge is 0.491 e. The molecule has 2 N–H and O–H groups in total. The molecular weight excluding hydrogens is 431 g/mol. The molecule has 2 amide bonds. The molecule has 0 saturated carbocycles. The molecule has 10 heteroatoms. The second-order valence-corrected chi connectivity index (χ2v) is 7.83. The lowest BCUT2D eigenvalue weighted by Crippen LogP contribution is -2.28. The number of nitrogens with two attached hydrogens (primary N) is 1. The number of primary amides is 1. The summed E-state index contributed by atoms with van der Waals surface area (Å²) in [5.41, 5.74) is 6.24. The van der Waals surface area contributed by atoms with Gasteiger partial charge in [-0.3, -0.25) is 14.3 Å². The highest BCUT2D eigenvalue weighted by Gasteiger charge is 2.24. The quantitative estimate of drug-likeness (QED) is 0.522. The monoisotopic (exact) mass is 456 g/mol. The summed E-state index contributed by atoms with van der Waals surface area (Å²) in [5, 5.41) is 4.81. The van der Waals surface area contributed by atoms with E-state index in [0.717, 1.165) is 6.42 Å². The Morgan fingerprint density at radius 1 is 1.21 bits per heavy atom. The summed E-state index contributed by atoms with van der Waals surface area (Å²) in [6.45, 7) is 3.39. The molecule has 1 atom stereocenters. The number of aromatic nitrogens is 2. The van der Waals surface area contributed by atoms with Crippen molar-refractivity contribution in [2.75, 3.05) is 26.3 Å². The van der Waals surface area contributed by atoms with E-state index in [1.54, 1.807) is 41.9 Å². The third-order valence-electron chi connectivity index (χ3n) is 5.50. The number of ether oxygens (including phenoxy) is 3. The van der Waals surface area contributed by atoms with Crippen molar-refractivity contribution >= 4 is 22.7 Å². The molecule has 1 fully saturated rings. The minimum Gasteiger partial charge on any atom is -0.491 e. The van der Waals surface area contributed by atoms with Crippen molar-refractivity contribution in [3.8, 4) is 17.2 Å². The van der Waals surface area contributed by atoms with Crippen molar-refractivity contribution in [2.45, 2.75) is 19.4 Å². The molecule has 0 aliphatic carbocycles. The van der Waals surface area contributed by atoms with Gasteiger partial charge in [-0.2, -0.15) is 5.10 Å². The van der Waals surface area contributed by atoms with Gasteiger partial charge in [0.25, 0.3) is 0 Å². The van der Waals surface area contributed by atoms with Crippen LogP contribution in [0.15, 0.2) is 36.5 Å². The van der Waals surface area contributed by atoms with Gasteiger partial charge in [0, 0.05) is 44.1 Å². The number of hydrogen-bond donors (Lipinski definition) is 1. The third-order valence-corrected chi connectivity index (χ3v) is 5.50. The Kier molecular flexibility index (Phi) is 6.45. The van der Waals surface area contributed by atoms with Crippen molar-refractivity contribution < 1.29 is 28.2 Å². The fraction of sp³-hybridized carbons (Fsp3) is 0.348. The normalized spacial score (nSPS) is 15.7. The van der Waals surface area contributed by atoms with Gasteiger partial charge in [-0.05, 0) is 30.7 Å². The van der Waals surface area contributed by atoms with Gasteiger partial charge in [0.15, 0.2) is 17.3 Å². The van der Waals surface area contributed by atoms with Crippen molar-refractivity contribution in [1.29, 1.82) is 0 Å². The minimum absolute atomic E-state index is 0.00924. The lowest BCUT2D eigenvalue weighted by atomic mass is 10.1. The predicted octanol–water partition coefficient (Wildman–Crippen LogP) is 2.62. The molecule has 174 valence electrons. The zero-order valence-electron chi connectivity index (χ0n) is 18.4. The van der Waals surface area contributed by atoms with Crippen LogP contribution in [-0.2, 0) is 16.6 Å². The number of nitrogens with zero attached hydrogens (tertiary/aromatic N) is 3. The Morgan fingerprint density at radius 2 is 2.03 bits per heavy atom. The van der Waals surface area contributed by atoms with Crippen LogP contribution in [0, 0.1) is 5.82 Å². The molecule has 3 aromatic rings. The highest BCUT2D eigenvalue weighted by Crippen LogP contribution is 2.33. The van der Waals surface area contributed by atoms with Gasteiger partial charge in [-0.15, -0.1) is 0 Å². The van der Waals surface area contributed by atoms with E-state index in [1.807, 2.05) is 0 Å². The first-order valence-electron chi connectivity index (χ1n) is 10.5. The first-order chi connectivity index (χ1) is 15.8. The fourth-order valence-corrected chi connectivity index (χ4v) is 3.80. The van der Waals surface area contributed by atoms with E-state index < -0.39 is 11.7 Å². The van der Waals surface area contributed by atoms with Crippen LogP contribution >= 0.6 is 0 Å². The molecule has 1 aliphatic rings. The van der Waals surface area contributed by atoms with Gasteiger partial charge in [0.2, 0.25) is 11.8 Å². The van der Waals surface area contributed by atoms with Crippen LogP contribution in [0.25, 0.3) is 10.9 Å². The average Bonchev–Trinajstić information content (AvgIpc) is 3.40. The summed E-state index contributed by atoms with van der Waals surface area (Å²) in [4.78, 5) is 24.8. The first-order valence-corrected chi connectivity index (χ1v) is 10.5. The summed E-state index contributed by atoms with van der Waals surface area (Å²) in [7, 11) is 1.72. The van der Waals surface area contributed by atoms with Crippen LogP contribution in [-0.4, -0.2) is 58.9 Å². The zero-order chi connectivity index (χ0) is 23.5. The number of hydrogen-bond acceptors (Lipinski definition) is 6. The number of benzene rings is 2. The molecule has 0 bridgehead atoms. The zero-order valence-corrected chi connectivity index (χ0v) is 18.4. The number of aryl methyl sites for hydroxylation is 1. The number of carbonyl (C=O) groups excluding carboxylic acids is 2. The maximum absolute atomic E-state index is 14.7. The summed E-state index contributed by atoms with van der Waals surface area (Å²) in [6, 6.07) is 7.33. The van der Waals surface area contributed by atoms with Crippen LogP contribution in [0.2, 0.25) is 0 Å². The molecule has 1 unspecified atom stereocenters. The maximum Gasteiger partial charge on any atom is 0.248 e. The van der Waals surface area contributed by atoms with Crippen molar-refractivity contribution in [2.24, 2.45) is 12.8 Å². The van der Waals surface area contributed by atoms with Gasteiger partial charge >= 0.3 is 0 Å².